The predicted octanol–water partition coefficient (Wildman–Crippen LogP) is 1.92. The average molecular weight is 185 g/mol. The van der Waals surface area contributed by atoms with Gasteiger partial charge in [-0.2, -0.15) is 0 Å². The van der Waals surface area contributed by atoms with Crippen LogP contribution in [0.2, 0.25) is 19.6 Å². The van der Waals surface area contributed by atoms with Crippen molar-refractivity contribution in [1.82, 2.24) is 5.32 Å². The fourth-order valence-electron chi connectivity index (χ4n) is 1.62. The first-order valence-corrected chi connectivity index (χ1v) is 8.37. The summed E-state index contributed by atoms with van der Waals surface area (Å²) in [5, 5.41) is 3.14. The van der Waals surface area contributed by atoms with Gasteiger partial charge in [-0.25, -0.2) is 0 Å². The van der Waals surface area contributed by atoms with Gasteiger partial charge in [0.2, 0.25) is 5.91 Å². The molecule has 0 radical (unpaired) electrons. The van der Waals surface area contributed by atoms with Crippen molar-refractivity contribution in [3.8, 4) is 0 Å². The molecule has 0 aromatic rings. The molecule has 1 amide bonds. The highest BCUT2D eigenvalue weighted by Gasteiger charge is 2.28. The van der Waals surface area contributed by atoms with Crippen molar-refractivity contribution in [3.05, 3.63) is 0 Å². The first-order chi connectivity index (χ1) is 5.50. The summed E-state index contributed by atoms with van der Waals surface area (Å²) in [6.07, 6.45) is 4.23. The van der Waals surface area contributed by atoms with E-state index >= 15 is 0 Å². The molecule has 3 heteroatoms. The molecular weight excluding hydrogens is 166 g/mol. The molecule has 1 fully saturated rings. The second kappa shape index (κ2) is 3.60. The molecule has 1 rings (SSSR count). The van der Waals surface area contributed by atoms with Crippen LogP contribution in [0, 0.1) is 0 Å². The third-order valence-corrected chi connectivity index (χ3v) is 5.05. The minimum absolute atomic E-state index is 0.264. The lowest BCUT2D eigenvalue weighted by Crippen LogP contribution is -2.49. The monoisotopic (exact) mass is 185 g/mol. The molecule has 0 bridgehead atoms. The molecule has 0 aromatic carbocycles. The number of carbonyl (C=O) groups excluding carboxylic acids is 1. The van der Waals surface area contributed by atoms with Crippen LogP contribution in [-0.2, 0) is 4.79 Å². The van der Waals surface area contributed by atoms with E-state index in [2.05, 4.69) is 25.0 Å². The van der Waals surface area contributed by atoms with Gasteiger partial charge >= 0.3 is 0 Å². The van der Waals surface area contributed by atoms with Crippen molar-refractivity contribution in [2.24, 2.45) is 0 Å². The largest absolute Gasteiger partial charge is 0.356 e. The van der Waals surface area contributed by atoms with Crippen molar-refractivity contribution < 1.29 is 4.79 Å². The highest BCUT2D eigenvalue weighted by Crippen LogP contribution is 2.17. The normalized spacial score (nSPS) is 26.2. The maximum atomic E-state index is 11.3. The van der Waals surface area contributed by atoms with Crippen LogP contribution in [-0.4, -0.2) is 19.6 Å². The fourth-order valence-corrected chi connectivity index (χ4v) is 3.29. The third-order valence-electron chi connectivity index (χ3n) is 2.53. The van der Waals surface area contributed by atoms with E-state index in [-0.39, 0.29) is 5.91 Å². The van der Waals surface area contributed by atoms with E-state index in [1.165, 1.54) is 12.8 Å². The highest BCUT2D eigenvalue weighted by molar-refractivity contribution is 6.77. The Kier molecular flexibility index (Phi) is 2.93. The average Bonchev–Trinajstić information content (AvgIpc) is 2.11. The molecule has 0 saturated carbocycles. The van der Waals surface area contributed by atoms with Crippen LogP contribution in [0.1, 0.15) is 25.7 Å². The molecule has 2 nitrogen and oxygen atoms in total. The van der Waals surface area contributed by atoms with Crippen LogP contribution >= 0.6 is 0 Å². The lowest BCUT2D eigenvalue weighted by atomic mass is 10.2. The molecule has 1 aliphatic heterocycles. The molecule has 12 heavy (non-hydrogen) atoms. The van der Waals surface area contributed by atoms with E-state index in [1.54, 1.807) is 0 Å². The van der Waals surface area contributed by atoms with Gasteiger partial charge in [-0.1, -0.05) is 26.1 Å². The zero-order chi connectivity index (χ0) is 9.19. The van der Waals surface area contributed by atoms with Gasteiger partial charge in [-0.3, -0.25) is 4.79 Å². The standard InChI is InChI=1S/C9H19NOSi/c1-12(2,3)9-7-5-4-6-8(11)10-9/h9H,4-7H2,1-3H3,(H,10,11). The lowest BCUT2D eigenvalue weighted by molar-refractivity contribution is -0.121. The van der Waals surface area contributed by atoms with Crippen LogP contribution in [0.25, 0.3) is 0 Å². The van der Waals surface area contributed by atoms with Crippen molar-refractivity contribution in [2.45, 2.75) is 51.0 Å². The first kappa shape index (κ1) is 9.77. The summed E-state index contributed by atoms with van der Waals surface area (Å²) in [6, 6.07) is 0. The van der Waals surface area contributed by atoms with Gasteiger partial charge in [-0.05, 0) is 12.8 Å². The molecule has 1 aliphatic rings. The molecule has 0 spiro atoms. The van der Waals surface area contributed by atoms with E-state index in [0.717, 1.165) is 12.8 Å². The summed E-state index contributed by atoms with van der Waals surface area (Å²) >= 11 is 0. The van der Waals surface area contributed by atoms with Gasteiger partial charge < -0.3 is 5.32 Å². The van der Waals surface area contributed by atoms with Crippen molar-refractivity contribution in [3.63, 3.8) is 0 Å². The van der Waals surface area contributed by atoms with Gasteiger partial charge in [-0.15, -0.1) is 0 Å². The van der Waals surface area contributed by atoms with Crippen LogP contribution < -0.4 is 5.32 Å². The first-order valence-electron chi connectivity index (χ1n) is 4.79. The number of rotatable bonds is 1. The number of hydrogen-bond acceptors (Lipinski definition) is 1. The smallest absolute Gasteiger partial charge is 0.219 e. The van der Waals surface area contributed by atoms with Crippen LogP contribution in [0.3, 0.4) is 0 Å². The molecule has 70 valence electrons. The highest BCUT2D eigenvalue weighted by atomic mass is 28.3. The Labute approximate surface area is 75.7 Å². The number of carbonyl (C=O) groups is 1. The van der Waals surface area contributed by atoms with Gasteiger partial charge in [0.05, 0.1) is 8.07 Å². The van der Waals surface area contributed by atoms with E-state index in [1.807, 2.05) is 0 Å². The zero-order valence-corrected chi connectivity index (χ0v) is 9.31. The SMILES string of the molecule is C[Si](C)(C)C1CCCCC(=O)N1. The van der Waals surface area contributed by atoms with E-state index in [4.69, 9.17) is 0 Å². The quantitative estimate of drug-likeness (QED) is 0.621. The number of hydrogen-bond donors (Lipinski definition) is 1. The van der Waals surface area contributed by atoms with E-state index < -0.39 is 8.07 Å². The van der Waals surface area contributed by atoms with Crippen LogP contribution in [0.4, 0.5) is 0 Å². The minimum Gasteiger partial charge on any atom is -0.356 e. The Hall–Kier alpha value is -0.313. The van der Waals surface area contributed by atoms with Crippen LogP contribution in [0.5, 0.6) is 0 Å². The van der Waals surface area contributed by atoms with Crippen molar-refractivity contribution >= 4 is 14.0 Å². The Morgan fingerprint density at radius 2 is 2.00 bits per heavy atom. The Bertz CT molecular complexity index is 174. The molecule has 0 aliphatic carbocycles. The number of nitrogens with one attached hydrogen (secondary N) is 1. The fraction of sp³-hybridized carbons (Fsp3) is 0.889. The summed E-state index contributed by atoms with van der Waals surface area (Å²) in [6.45, 7) is 6.97. The van der Waals surface area contributed by atoms with Gasteiger partial charge in [0, 0.05) is 12.1 Å². The molecule has 1 heterocycles. The zero-order valence-electron chi connectivity index (χ0n) is 8.31. The summed E-state index contributed by atoms with van der Waals surface area (Å²) in [4.78, 5) is 11.3. The molecular formula is C9H19NOSi. The second-order valence-electron chi connectivity index (χ2n) is 4.73. The van der Waals surface area contributed by atoms with E-state index in [0.29, 0.717) is 5.67 Å². The minimum atomic E-state index is -1.16. The van der Waals surface area contributed by atoms with Gasteiger partial charge in [0.15, 0.2) is 0 Å². The van der Waals surface area contributed by atoms with Gasteiger partial charge in [0.1, 0.15) is 0 Å². The molecule has 0 aromatic heterocycles. The summed E-state index contributed by atoms with van der Waals surface area (Å²) in [5.74, 6) is 0.264. The Morgan fingerprint density at radius 1 is 1.33 bits per heavy atom. The van der Waals surface area contributed by atoms with Gasteiger partial charge in [0.25, 0.3) is 0 Å². The number of amides is 1. The molecule has 1 saturated heterocycles. The second-order valence-corrected chi connectivity index (χ2v) is 10.2. The maximum Gasteiger partial charge on any atom is 0.219 e. The van der Waals surface area contributed by atoms with Crippen molar-refractivity contribution in [2.75, 3.05) is 0 Å². The maximum absolute atomic E-state index is 11.3. The van der Waals surface area contributed by atoms with E-state index in [9.17, 15) is 4.79 Å². The third kappa shape index (κ3) is 2.63. The topological polar surface area (TPSA) is 29.1 Å². The molecule has 1 N–H and O–H groups in total. The van der Waals surface area contributed by atoms with Crippen LogP contribution in [0.15, 0.2) is 0 Å². The molecule has 1 unspecified atom stereocenters. The predicted molar refractivity (Wildman–Crippen MR) is 53.7 cm³/mol. The summed E-state index contributed by atoms with van der Waals surface area (Å²) in [7, 11) is -1.16. The van der Waals surface area contributed by atoms with Crippen molar-refractivity contribution in [1.29, 1.82) is 0 Å². The Morgan fingerprint density at radius 3 is 2.58 bits per heavy atom. The lowest BCUT2D eigenvalue weighted by Gasteiger charge is -2.28. The Balaban J connectivity index is 2.58. The molecule has 1 atom stereocenters. The summed E-state index contributed by atoms with van der Waals surface area (Å²) in [5.41, 5.74) is 0.507. The summed E-state index contributed by atoms with van der Waals surface area (Å²) < 4.78 is 0.